The van der Waals surface area contributed by atoms with Crippen LogP contribution in [0, 0.1) is 11.2 Å². The molecule has 0 aliphatic heterocycles. The van der Waals surface area contributed by atoms with E-state index in [1.165, 1.54) is 12.1 Å². The molecule has 0 unspecified atom stereocenters. The number of rotatable bonds is 5. The summed E-state index contributed by atoms with van der Waals surface area (Å²) in [5.41, 5.74) is 8.21. The zero-order chi connectivity index (χ0) is 22.2. The second-order valence-corrected chi connectivity index (χ2v) is 8.82. The van der Waals surface area contributed by atoms with Gasteiger partial charge in [-0.25, -0.2) is 4.39 Å². The third-order valence-electron chi connectivity index (χ3n) is 5.74. The molecule has 1 aliphatic rings. The number of carbonyl (C=O) groups is 2. The Morgan fingerprint density at radius 3 is 2.65 bits per heavy atom. The van der Waals surface area contributed by atoms with Crippen LogP contribution in [0.25, 0.3) is 0 Å². The minimum atomic E-state index is -0.774. The highest BCUT2D eigenvalue weighted by Crippen LogP contribution is 2.41. The molecular formula is C24H25FN4O2. The van der Waals surface area contributed by atoms with Crippen molar-refractivity contribution in [3.63, 3.8) is 0 Å². The number of hydrogen-bond acceptors (Lipinski definition) is 3. The first kappa shape index (κ1) is 20.8. The first-order valence-corrected chi connectivity index (χ1v) is 10.2. The lowest BCUT2D eigenvalue weighted by molar-refractivity contribution is 0.0912. The largest absolute Gasteiger partial charge is 0.366 e. The summed E-state index contributed by atoms with van der Waals surface area (Å²) in [6.07, 6.45) is 3.35. The van der Waals surface area contributed by atoms with E-state index in [2.05, 4.69) is 36.4 Å². The second kappa shape index (κ2) is 7.98. The first-order chi connectivity index (χ1) is 14.7. The average molecular weight is 420 g/mol. The quantitative estimate of drug-likeness (QED) is 0.661. The monoisotopic (exact) mass is 420 g/mol. The Balaban J connectivity index is 1.60. The smallest absolute Gasteiger partial charge is 0.254 e. The maximum Gasteiger partial charge on any atom is 0.254 e. The molecule has 7 heteroatoms. The van der Waals surface area contributed by atoms with Gasteiger partial charge in [-0.3, -0.25) is 14.3 Å². The van der Waals surface area contributed by atoms with Gasteiger partial charge in [-0.1, -0.05) is 44.2 Å². The van der Waals surface area contributed by atoms with E-state index in [9.17, 15) is 14.0 Å². The summed E-state index contributed by atoms with van der Waals surface area (Å²) in [6, 6.07) is 13.4. The molecule has 1 aliphatic carbocycles. The van der Waals surface area contributed by atoms with Crippen molar-refractivity contribution in [2.45, 2.75) is 39.3 Å². The van der Waals surface area contributed by atoms with Crippen molar-refractivity contribution in [2.75, 3.05) is 0 Å². The Morgan fingerprint density at radius 1 is 1.23 bits per heavy atom. The van der Waals surface area contributed by atoms with Crippen molar-refractivity contribution in [2.24, 2.45) is 11.1 Å². The van der Waals surface area contributed by atoms with Gasteiger partial charge in [0.1, 0.15) is 5.82 Å². The number of nitrogens with one attached hydrogen (secondary N) is 1. The van der Waals surface area contributed by atoms with Gasteiger partial charge in [0, 0.05) is 16.8 Å². The van der Waals surface area contributed by atoms with E-state index in [0.29, 0.717) is 13.0 Å². The minimum Gasteiger partial charge on any atom is -0.366 e. The van der Waals surface area contributed by atoms with Gasteiger partial charge in [0.15, 0.2) is 0 Å². The number of hydrogen-bond donors (Lipinski definition) is 2. The van der Waals surface area contributed by atoms with E-state index in [1.807, 2.05) is 22.9 Å². The molecule has 0 radical (unpaired) electrons. The molecule has 0 fully saturated rings. The zero-order valence-electron chi connectivity index (χ0n) is 17.6. The Kier molecular flexibility index (Phi) is 5.35. The van der Waals surface area contributed by atoms with Crippen LogP contribution >= 0.6 is 0 Å². The molecule has 31 heavy (non-hydrogen) atoms. The summed E-state index contributed by atoms with van der Waals surface area (Å²) in [4.78, 5) is 24.1. The molecule has 0 saturated carbocycles. The van der Waals surface area contributed by atoms with Gasteiger partial charge >= 0.3 is 0 Å². The second-order valence-electron chi connectivity index (χ2n) is 8.82. The number of carbonyl (C=O) groups excluding carboxylic acids is 2. The molecule has 2 aromatic carbocycles. The molecule has 2 amide bonds. The molecule has 1 atom stereocenters. The van der Waals surface area contributed by atoms with Crippen LogP contribution < -0.4 is 11.1 Å². The van der Waals surface area contributed by atoms with Crippen LogP contribution in [0.5, 0.6) is 0 Å². The summed E-state index contributed by atoms with van der Waals surface area (Å²) < 4.78 is 16.4. The van der Waals surface area contributed by atoms with Crippen LogP contribution in [0.4, 0.5) is 4.39 Å². The van der Waals surface area contributed by atoms with E-state index in [0.717, 1.165) is 29.3 Å². The van der Waals surface area contributed by atoms with Crippen LogP contribution in [0.2, 0.25) is 0 Å². The van der Waals surface area contributed by atoms with E-state index >= 15 is 0 Å². The van der Waals surface area contributed by atoms with Crippen LogP contribution in [0.1, 0.15) is 63.8 Å². The summed E-state index contributed by atoms with van der Waals surface area (Å²) in [5, 5.41) is 7.54. The minimum absolute atomic E-state index is 0.0253. The van der Waals surface area contributed by atoms with Gasteiger partial charge in [-0.05, 0) is 42.0 Å². The fourth-order valence-electron chi connectivity index (χ4n) is 4.21. The summed E-state index contributed by atoms with van der Waals surface area (Å²) in [5.74, 6) is -2.04. The number of benzene rings is 2. The Bertz CT molecular complexity index is 1140. The SMILES string of the molecule is CC1(C)Cc2c(cnn2Cc2ccccc2)[C@H](NC(=O)c2ccc(C(N)=O)cc2F)C1. The lowest BCUT2D eigenvalue weighted by atomic mass is 9.74. The van der Waals surface area contributed by atoms with Crippen molar-refractivity contribution in [1.29, 1.82) is 0 Å². The fourth-order valence-corrected chi connectivity index (χ4v) is 4.21. The number of fused-ring (bicyclic) bond motifs is 1. The van der Waals surface area contributed by atoms with Crippen molar-refractivity contribution in [3.05, 3.63) is 88.5 Å². The Labute approximate surface area is 180 Å². The summed E-state index contributed by atoms with van der Waals surface area (Å²) >= 11 is 0. The number of nitrogens with two attached hydrogens (primary N) is 1. The molecule has 4 rings (SSSR count). The standard InChI is InChI=1S/C24H25FN4O2/c1-24(2)11-20(28-23(31)17-9-8-16(22(26)30)10-19(17)25)18-13-27-29(21(18)12-24)14-15-6-4-3-5-7-15/h3-10,13,20H,11-12,14H2,1-2H3,(H2,26,30)(H,28,31)/t20-/m1/s1. The lowest BCUT2D eigenvalue weighted by Gasteiger charge is -2.36. The maximum absolute atomic E-state index is 14.4. The Morgan fingerprint density at radius 2 is 1.97 bits per heavy atom. The van der Waals surface area contributed by atoms with Crippen molar-refractivity contribution in [3.8, 4) is 0 Å². The van der Waals surface area contributed by atoms with Crippen molar-refractivity contribution < 1.29 is 14.0 Å². The van der Waals surface area contributed by atoms with Crippen LogP contribution in [-0.2, 0) is 13.0 Å². The number of halogens is 1. The van der Waals surface area contributed by atoms with E-state index in [1.54, 1.807) is 6.20 Å². The molecule has 0 saturated heterocycles. The molecule has 0 bridgehead atoms. The van der Waals surface area contributed by atoms with Crippen LogP contribution in [-0.4, -0.2) is 21.6 Å². The van der Waals surface area contributed by atoms with E-state index in [-0.39, 0.29) is 22.6 Å². The number of amides is 2. The fraction of sp³-hybridized carbons (Fsp3) is 0.292. The lowest BCUT2D eigenvalue weighted by Crippen LogP contribution is -2.37. The van der Waals surface area contributed by atoms with Crippen LogP contribution in [0.15, 0.2) is 54.7 Å². The molecular weight excluding hydrogens is 395 g/mol. The molecule has 160 valence electrons. The Hall–Kier alpha value is -3.48. The van der Waals surface area contributed by atoms with Gasteiger partial charge in [-0.2, -0.15) is 5.10 Å². The average Bonchev–Trinajstić information content (AvgIpc) is 3.10. The van der Waals surface area contributed by atoms with Crippen molar-refractivity contribution in [1.82, 2.24) is 15.1 Å². The topological polar surface area (TPSA) is 90.0 Å². The maximum atomic E-state index is 14.4. The highest BCUT2D eigenvalue weighted by molar-refractivity contribution is 5.97. The molecule has 3 N–H and O–H groups in total. The normalized spacial score (nSPS) is 17.1. The van der Waals surface area contributed by atoms with Crippen LogP contribution in [0.3, 0.4) is 0 Å². The van der Waals surface area contributed by atoms with Gasteiger partial charge in [0.25, 0.3) is 5.91 Å². The van der Waals surface area contributed by atoms with E-state index < -0.39 is 17.6 Å². The molecule has 0 spiro atoms. The molecule has 1 heterocycles. The molecule has 1 aromatic heterocycles. The third kappa shape index (κ3) is 4.35. The predicted molar refractivity (Wildman–Crippen MR) is 115 cm³/mol. The number of nitrogens with zero attached hydrogens (tertiary/aromatic N) is 2. The van der Waals surface area contributed by atoms with Gasteiger partial charge in [-0.15, -0.1) is 0 Å². The molecule has 6 nitrogen and oxygen atoms in total. The number of aromatic nitrogens is 2. The van der Waals surface area contributed by atoms with Gasteiger partial charge < -0.3 is 11.1 Å². The predicted octanol–water partition coefficient (Wildman–Crippen LogP) is 3.61. The van der Waals surface area contributed by atoms with Gasteiger partial charge in [0.2, 0.25) is 5.91 Å². The van der Waals surface area contributed by atoms with Gasteiger partial charge in [0.05, 0.1) is 24.3 Å². The third-order valence-corrected chi connectivity index (χ3v) is 5.74. The summed E-state index contributed by atoms with van der Waals surface area (Å²) in [7, 11) is 0. The summed E-state index contributed by atoms with van der Waals surface area (Å²) in [6.45, 7) is 4.95. The first-order valence-electron chi connectivity index (χ1n) is 10.2. The number of primary amides is 1. The highest BCUT2D eigenvalue weighted by Gasteiger charge is 2.36. The highest BCUT2D eigenvalue weighted by atomic mass is 19.1. The molecule has 3 aromatic rings. The van der Waals surface area contributed by atoms with Crippen molar-refractivity contribution >= 4 is 11.8 Å². The zero-order valence-corrected chi connectivity index (χ0v) is 17.6. The van der Waals surface area contributed by atoms with E-state index in [4.69, 9.17) is 5.73 Å².